The standard InChI is InChI=1S/C14H25NO3S/c1-10(2)15-14(13(16)17)6-3-12(9-14)19-11-4-7-18-8-5-11/h10-12,15H,3-9H2,1-2H3,(H,16,17). The Morgan fingerprint density at radius 1 is 1.32 bits per heavy atom. The zero-order chi connectivity index (χ0) is 13.9. The lowest BCUT2D eigenvalue weighted by molar-refractivity contribution is -0.145. The van der Waals surface area contributed by atoms with E-state index in [1.165, 1.54) is 0 Å². The van der Waals surface area contributed by atoms with Crippen molar-refractivity contribution in [1.29, 1.82) is 0 Å². The third-order valence-corrected chi connectivity index (χ3v) is 5.64. The first-order valence-electron chi connectivity index (χ1n) is 7.26. The van der Waals surface area contributed by atoms with Gasteiger partial charge < -0.3 is 9.84 Å². The smallest absolute Gasteiger partial charge is 0.323 e. The van der Waals surface area contributed by atoms with Gasteiger partial charge in [-0.2, -0.15) is 11.8 Å². The van der Waals surface area contributed by atoms with Crippen LogP contribution in [-0.4, -0.2) is 46.4 Å². The molecular formula is C14H25NO3S. The van der Waals surface area contributed by atoms with E-state index in [1.807, 2.05) is 25.6 Å². The highest BCUT2D eigenvalue weighted by atomic mass is 32.2. The normalized spacial score (nSPS) is 32.9. The average molecular weight is 287 g/mol. The molecule has 0 bridgehead atoms. The number of nitrogens with one attached hydrogen (secondary N) is 1. The summed E-state index contributed by atoms with van der Waals surface area (Å²) < 4.78 is 5.38. The lowest BCUT2D eigenvalue weighted by atomic mass is 9.97. The Balaban J connectivity index is 1.90. The first-order chi connectivity index (χ1) is 9.02. The number of thioether (sulfide) groups is 1. The number of carbonyl (C=O) groups is 1. The van der Waals surface area contributed by atoms with Crippen LogP contribution in [0.2, 0.25) is 0 Å². The summed E-state index contributed by atoms with van der Waals surface area (Å²) in [6, 6.07) is 0.211. The Hall–Kier alpha value is -0.260. The Kier molecular flexibility index (Phi) is 5.15. The molecule has 2 unspecified atom stereocenters. The molecule has 4 nitrogen and oxygen atoms in total. The highest BCUT2D eigenvalue weighted by molar-refractivity contribution is 8.00. The Bertz CT molecular complexity index is 318. The van der Waals surface area contributed by atoms with E-state index in [2.05, 4.69) is 5.32 Å². The van der Waals surface area contributed by atoms with Crippen LogP contribution in [0.15, 0.2) is 0 Å². The van der Waals surface area contributed by atoms with E-state index < -0.39 is 11.5 Å². The van der Waals surface area contributed by atoms with Gasteiger partial charge in [-0.1, -0.05) is 0 Å². The van der Waals surface area contributed by atoms with Gasteiger partial charge in [-0.3, -0.25) is 10.1 Å². The second-order valence-corrected chi connectivity index (χ2v) is 7.60. The Morgan fingerprint density at radius 2 is 2.00 bits per heavy atom. The molecule has 2 rings (SSSR count). The number of aliphatic carboxylic acids is 1. The zero-order valence-corrected chi connectivity index (χ0v) is 12.7. The molecule has 2 atom stereocenters. The fourth-order valence-corrected chi connectivity index (χ4v) is 4.78. The van der Waals surface area contributed by atoms with Gasteiger partial charge in [-0.25, -0.2) is 0 Å². The van der Waals surface area contributed by atoms with Gasteiger partial charge in [0.15, 0.2) is 0 Å². The van der Waals surface area contributed by atoms with Gasteiger partial charge in [0.05, 0.1) is 0 Å². The molecule has 0 aromatic carbocycles. The molecule has 1 heterocycles. The monoisotopic (exact) mass is 287 g/mol. The van der Waals surface area contributed by atoms with Crippen LogP contribution in [0.5, 0.6) is 0 Å². The maximum atomic E-state index is 11.6. The Morgan fingerprint density at radius 3 is 2.58 bits per heavy atom. The van der Waals surface area contributed by atoms with Crippen LogP contribution in [0.4, 0.5) is 0 Å². The quantitative estimate of drug-likeness (QED) is 0.812. The summed E-state index contributed by atoms with van der Waals surface area (Å²) in [5.74, 6) is -0.684. The molecule has 2 N–H and O–H groups in total. The second kappa shape index (κ2) is 6.46. The van der Waals surface area contributed by atoms with Crippen molar-refractivity contribution < 1.29 is 14.6 Å². The van der Waals surface area contributed by atoms with Crippen molar-refractivity contribution in [1.82, 2.24) is 5.32 Å². The first-order valence-corrected chi connectivity index (χ1v) is 8.20. The third-order valence-electron chi connectivity index (χ3n) is 4.00. The predicted octanol–water partition coefficient (Wildman–Crippen LogP) is 2.27. The second-order valence-electron chi connectivity index (χ2n) is 6.00. The number of ether oxygens (including phenoxy) is 1. The van der Waals surface area contributed by atoms with E-state index in [1.54, 1.807) is 0 Å². The van der Waals surface area contributed by atoms with E-state index in [4.69, 9.17) is 4.74 Å². The molecule has 0 aromatic rings. The minimum Gasteiger partial charge on any atom is -0.480 e. The summed E-state index contributed by atoms with van der Waals surface area (Å²) in [5, 5.41) is 14.0. The van der Waals surface area contributed by atoms with Gasteiger partial charge in [0.2, 0.25) is 0 Å². The van der Waals surface area contributed by atoms with Gasteiger partial charge in [-0.15, -0.1) is 0 Å². The van der Waals surface area contributed by atoms with Gasteiger partial charge in [0, 0.05) is 29.8 Å². The largest absolute Gasteiger partial charge is 0.480 e. The number of hydrogen-bond donors (Lipinski definition) is 2. The molecule has 1 saturated carbocycles. The topological polar surface area (TPSA) is 58.6 Å². The molecule has 0 spiro atoms. The van der Waals surface area contributed by atoms with Crippen LogP contribution in [0, 0.1) is 0 Å². The third kappa shape index (κ3) is 3.86. The first kappa shape index (κ1) is 15.1. The summed E-state index contributed by atoms with van der Waals surface area (Å²) >= 11 is 1.99. The van der Waals surface area contributed by atoms with Crippen molar-refractivity contribution >= 4 is 17.7 Å². The number of carboxylic acid groups (broad SMARTS) is 1. The molecule has 110 valence electrons. The van der Waals surface area contributed by atoms with E-state index in [0.29, 0.717) is 10.5 Å². The molecule has 1 aliphatic heterocycles. The highest BCUT2D eigenvalue weighted by Crippen LogP contribution is 2.41. The lowest BCUT2D eigenvalue weighted by Crippen LogP contribution is -2.53. The van der Waals surface area contributed by atoms with Crippen molar-refractivity contribution in [2.24, 2.45) is 0 Å². The van der Waals surface area contributed by atoms with E-state index in [0.717, 1.165) is 45.3 Å². The number of carboxylic acids is 1. The van der Waals surface area contributed by atoms with Gasteiger partial charge in [-0.05, 0) is 46.0 Å². The van der Waals surface area contributed by atoms with Gasteiger partial charge in [0.25, 0.3) is 0 Å². The van der Waals surface area contributed by atoms with Crippen molar-refractivity contribution in [2.45, 2.75) is 68.0 Å². The lowest BCUT2D eigenvalue weighted by Gasteiger charge is -2.29. The van der Waals surface area contributed by atoms with Gasteiger partial charge in [0.1, 0.15) is 5.54 Å². The Labute approximate surface area is 119 Å². The summed E-state index contributed by atoms with van der Waals surface area (Å²) in [4.78, 5) is 11.6. The molecule has 0 radical (unpaired) electrons. The minimum absolute atomic E-state index is 0.211. The van der Waals surface area contributed by atoms with Crippen molar-refractivity contribution in [3.05, 3.63) is 0 Å². The van der Waals surface area contributed by atoms with Crippen LogP contribution in [-0.2, 0) is 9.53 Å². The van der Waals surface area contributed by atoms with E-state index in [-0.39, 0.29) is 6.04 Å². The summed E-state index contributed by atoms with van der Waals surface area (Å²) in [5.41, 5.74) is -0.697. The molecule has 5 heteroatoms. The van der Waals surface area contributed by atoms with E-state index >= 15 is 0 Å². The van der Waals surface area contributed by atoms with Crippen LogP contribution in [0.25, 0.3) is 0 Å². The molecule has 1 saturated heterocycles. The number of hydrogen-bond acceptors (Lipinski definition) is 4. The fourth-order valence-electron chi connectivity index (χ4n) is 3.14. The molecule has 2 aliphatic rings. The molecule has 19 heavy (non-hydrogen) atoms. The highest BCUT2D eigenvalue weighted by Gasteiger charge is 2.46. The van der Waals surface area contributed by atoms with Gasteiger partial charge >= 0.3 is 5.97 Å². The average Bonchev–Trinajstić information content (AvgIpc) is 2.74. The van der Waals surface area contributed by atoms with Crippen LogP contribution >= 0.6 is 11.8 Å². The van der Waals surface area contributed by atoms with E-state index in [9.17, 15) is 9.90 Å². The summed E-state index contributed by atoms with van der Waals surface area (Å²) in [6.07, 6.45) is 4.73. The molecule has 2 fully saturated rings. The maximum Gasteiger partial charge on any atom is 0.323 e. The van der Waals surface area contributed by atoms with Crippen molar-refractivity contribution in [3.63, 3.8) is 0 Å². The van der Waals surface area contributed by atoms with Crippen molar-refractivity contribution in [3.8, 4) is 0 Å². The molecule has 0 aromatic heterocycles. The van der Waals surface area contributed by atoms with Crippen LogP contribution < -0.4 is 5.32 Å². The van der Waals surface area contributed by atoms with Crippen molar-refractivity contribution in [2.75, 3.05) is 13.2 Å². The zero-order valence-electron chi connectivity index (χ0n) is 11.9. The SMILES string of the molecule is CC(C)NC1(C(=O)O)CCC(SC2CCOCC2)C1. The summed E-state index contributed by atoms with van der Waals surface area (Å²) in [6.45, 7) is 5.75. The molecular weight excluding hydrogens is 262 g/mol. The minimum atomic E-state index is -0.697. The molecule has 0 amide bonds. The van der Waals surface area contributed by atoms with Crippen LogP contribution in [0.1, 0.15) is 46.0 Å². The number of rotatable bonds is 5. The fraction of sp³-hybridized carbons (Fsp3) is 0.929. The molecule has 1 aliphatic carbocycles. The predicted molar refractivity (Wildman–Crippen MR) is 77.7 cm³/mol. The van der Waals surface area contributed by atoms with Crippen LogP contribution in [0.3, 0.4) is 0 Å². The summed E-state index contributed by atoms with van der Waals surface area (Å²) in [7, 11) is 0. The maximum absolute atomic E-state index is 11.6.